The smallest absolute Gasteiger partial charge is 0.243 e. The summed E-state index contributed by atoms with van der Waals surface area (Å²) < 4.78 is 0. The molecule has 18 heavy (non-hydrogen) atoms. The molecule has 0 heterocycles. The molecule has 0 aliphatic heterocycles. The molecular formula is C14H19ClN2O. The lowest BCUT2D eigenvalue weighted by molar-refractivity contribution is -0.122. The van der Waals surface area contributed by atoms with Gasteiger partial charge in [-0.15, -0.1) is 0 Å². The Morgan fingerprint density at radius 2 is 2.39 bits per heavy atom. The van der Waals surface area contributed by atoms with Gasteiger partial charge in [0.1, 0.15) is 5.54 Å². The maximum atomic E-state index is 11.8. The summed E-state index contributed by atoms with van der Waals surface area (Å²) in [6.45, 7) is 2.15. The van der Waals surface area contributed by atoms with Crippen molar-refractivity contribution < 1.29 is 4.79 Å². The Labute approximate surface area is 113 Å². The van der Waals surface area contributed by atoms with Gasteiger partial charge in [0.05, 0.1) is 0 Å². The van der Waals surface area contributed by atoms with E-state index in [-0.39, 0.29) is 5.91 Å². The highest BCUT2D eigenvalue weighted by atomic mass is 35.5. The molecule has 1 aromatic rings. The van der Waals surface area contributed by atoms with Crippen molar-refractivity contribution >= 4 is 23.2 Å². The van der Waals surface area contributed by atoms with E-state index in [4.69, 9.17) is 17.3 Å². The number of carbonyl (C=O) groups is 1. The van der Waals surface area contributed by atoms with Gasteiger partial charge in [-0.1, -0.05) is 31.0 Å². The fraction of sp³-hybridized carbons (Fsp3) is 0.500. The van der Waals surface area contributed by atoms with Crippen LogP contribution in [-0.2, 0) is 4.79 Å². The zero-order valence-electron chi connectivity index (χ0n) is 10.6. The van der Waals surface area contributed by atoms with Crippen LogP contribution in [0.2, 0.25) is 5.02 Å². The van der Waals surface area contributed by atoms with Crippen LogP contribution in [0.25, 0.3) is 0 Å². The average Bonchev–Trinajstić information content (AvgIpc) is 2.74. The second-order valence-corrected chi connectivity index (χ2v) is 5.54. The number of anilines is 1. The number of rotatable bonds is 4. The normalized spacial score (nSPS) is 27.1. The predicted octanol–water partition coefficient (Wildman–Crippen LogP) is 3.19. The molecule has 1 aliphatic rings. The summed E-state index contributed by atoms with van der Waals surface area (Å²) in [4.78, 5) is 11.8. The number of nitrogens with two attached hydrogens (primary N) is 1. The largest absolute Gasteiger partial charge is 0.371 e. The zero-order valence-corrected chi connectivity index (χ0v) is 11.3. The Kier molecular flexibility index (Phi) is 3.81. The standard InChI is InChI=1S/C14H19ClN2O/c1-2-10-6-7-14(9-10,13(16)18)17-12-5-3-4-11(15)8-12/h3-5,8,10,17H,2,6-7,9H2,1H3,(H2,16,18). The van der Waals surface area contributed by atoms with Crippen LogP contribution < -0.4 is 11.1 Å². The molecule has 0 aromatic heterocycles. The van der Waals surface area contributed by atoms with Gasteiger partial charge in [-0.05, 0) is 43.4 Å². The summed E-state index contributed by atoms with van der Waals surface area (Å²) in [5.74, 6) is 0.308. The average molecular weight is 267 g/mol. The van der Waals surface area contributed by atoms with Gasteiger partial charge in [0.25, 0.3) is 0 Å². The van der Waals surface area contributed by atoms with Crippen molar-refractivity contribution in [1.82, 2.24) is 0 Å². The summed E-state index contributed by atoms with van der Waals surface area (Å²) in [7, 11) is 0. The maximum absolute atomic E-state index is 11.8. The molecule has 2 atom stereocenters. The fourth-order valence-corrected chi connectivity index (χ4v) is 2.93. The topological polar surface area (TPSA) is 55.1 Å². The zero-order chi connectivity index (χ0) is 13.2. The molecule has 0 bridgehead atoms. The monoisotopic (exact) mass is 266 g/mol. The first kappa shape index (κ1) is 13.2. The lowest BCUT2D eigenvalue weighted by Gasteiger charge is -2.28. The van der Waals surface area contributed by atoms with E-state index in [1.165, 1.54) is 0 Å². The minimum Gasteiger partial charge on any atom is -0.371 e. The number of carbonyl (C=O) groups excluding carboxylic acids is 1. The van der Waals surface area contributed by atoms with Gasteiger partial charge < -0.3 is 11.1 Å². The van der Waals surface area contributed by atoms with Crippen molar-refractivity contribution in [2.75, 3.05) is 5.32 Å². The molecule has 3 N–H and O–H groups in total. The summed E-state index contributed by atoms with van der Waals surface area (Å²) in [6.07, 6.45) is 3.75. The Hall–Kier alpha value is -1.22. The summed E-state index contributed by atoms with van der Waals surface area (Å²) in [5, 5.41) is 3.96. The molecule has 4 heteroatoms. The minimum absolute atomic E-state index is 0.265. The Bertz CT molecular complexity index is 449. The number of benzene rings is 1. The molecule has 1 aromatic carbocycles. The Balaban J connectivity index is 2.20. The number of halogens is 1. The summed E-state index contributed by atoms with van der Waals surface area (Å²) in [5.41, 5.74) is 5.85. The molecule has 3 nitrogen and oxygen atoms in total. The molecular weight excluding hydrogens is 248 g/mol. The molecule has 1 fully saturated rings. The first-order valence-electron chi connectivity index (χ1n) is 6.39. The van der Waals surface area contributed by atoms with Gasteiger partial charge in [0.15, 0.2) is 0 Å². The van der Waals surface area contributed by atoms with Crippen LogP contribution in [0.4, 0.5) is 5.69 Å². The van der Waals surface area contributed by atoms with E-state index in [0.717, 1.165) is 31.4 Å². The molecule has 1 amide bonds. The number of primary amides is 1. The van der Waals surface area contributed by atoms with E-state index in [1.807, 2.05) is 24.3 Å². The van der Waals surface area contributed by atoms with Gasteiger partial charge >= 0.3 is 0 Å². The number of hydrogen-bond acceptors (Lipinski definition) is 2. The van der Waals surface area contributed by atoms with Gasteiger partial charge in [0, 0.05) is 10.7 Å². The van der Waals surface area contributed by atoms with Gasteiger partial charge in [-0.3, -0.25) is 4.79 Å². The first-order chi connectivity index (χ1) is 8.55. The fourth-order valence-electron chi connectivity index (χ4n) is 2.74. The highest BCUT2D eigenvalue weighted by molar-refractivity contribution is 6.30. The molecule has 2 rings (SSSR count). The predicted molar refractivity (Wildman–Crippen MR) is 74.6 cm³/mol. The van der Waals surface area contributed by atoms with Gasteiger partial charge in [-0.25, -0.2) is 0 Å². The molecule has 1 saturated carbocycles. The highest BCUT2D eigenvalue weighted by Gasteiger charge is 2.43. The number of hydrogen-bond donors (Lipinski definition) is 2. The third-order valence-corrected chi connectivity index (χ3v) is 4.11. The van der Waals surface area contributed by atoms with Crippen molar-refractivity contribution in [3.63, 3.8) is 0 Å². The van der Waals surface area contributed by atoms with Crippen molar-refractivity contribution in [2.45, 2.75) is 38.1 Å². The summed E-state index contributed by atoms with van der Waals surface area (Å²) in [6, 6.07) is 7.42. The summed E-state index contributed by atoms with van der Waals surface area (Å²) >= 11 is 5.96. The van der Waals surface area contributed by atoms with Crippen LogP contribution in [0.1, 0.15) is 32.6 Å². The lowest BCUT2D eigenvalue weighted by atomic mass is 9.93. The number of amides is 1. The third kappa shape index (κ3) is 2.61. The third-order valence-electron chi connectivity index (χ3n) is 3.87. The van der Waals surface area contributed by atoms with Crippen LogP contribution in [0.3, 0.4) is 0 Å². The maximum Gasteiger partial charge on any atom is 0.243 e. The highest BCUT2D eigenvalue weighted by Crippen LogP contribution is 2.38. The second kappa shape index (κ2) is 5.19. The van der Waals surface area contributed by atoms with Crippen molar-refractivity contribution in [3.8, 4) is 0 Å². The first-order valence-corrected chi connectivity index (χ1v) is 6.77. The van der Waals surface area contributed by atoms with Gasteiger partial charge in [-0.2, -0.15) is 0 Å². The van der Waals surface area contributed by atoms with Crippen molar-refractivity contribution in [2.24, 2.45) is 11.7 Å². The molecule has 98 valence electrons. The van der Waals surface area contributed by atoms with Crippen LogP contribution in [0.15, 0.2) is 24.3 Å². The van der Waals surface area contributed by atoms with Crippen molar-refractivity contribution in [3.05, 3.63) is 29.3 Å². The van der Waals surface area contributed by atoms with Crippen molar-refractivity contribution in [1.29, 1.82) is 0 Å². The van der Waals surface area contributed by atoms with E-state index in [9.17, 15) is 4.79 Å². The van der Waals surface area contributed by atoms with Gasteiger partial charge in [0.2, 0.25) is 5.91 Å². The van der Waals surface area contributed by atoms with Crippen LogP contribution in [0, 0.1) is 5.92 Å². The molecule has 2 unspecified atom stereocenters. The minimum atomic E-state index is -0.606. The molecule has 1 aliphatic carbocycles. The second-order valence-electron chi connectivity index (χ2n) is 5.10. The van der Waals surface area contributed by atoms with Crippen LogP contribution in [0.5, 0.6) is 0 Å². The Morgan fingerprint density at radius 3 is 2.94 bits per heavy atom. The van der Waals surface area contributed by atoms with E-state index in [1.54, 1.807) is 0 Å². The number of nitrogens with one attached hydrogen (secondary N) is 1. The van der Waals surface area contributed by atoms with E-state index in [2.05, 4.69) is 12.2 Å². The van der Waals surface area contributed by atoms with E-state index in [0.29, 0.717) is 10.9 Å². The quantitative estimate of drug-likeness (QED) is 0.879. The van der Waals surface area contributed by atoms with E-state index >= 15 is 0 Å². The van der Waals surface area contributed by atoms with Crippen LogP contribution >= 0.6 is 11.6 Å². The van der Waals surface area contributed by atoms with Crippen LogP contribution in [-0.4, -0.2) is 11.4 Å². The Morgan fingerprint density at radius 1 is 1.61 bits per heavy atom. The SMILES string of the molecule is CCC1CCC(Nc2cccc(Cl)c2)(C(N)=O)C1. The molecule has 0 radical (unpaired) electrons. The molecule has 0 spiro atoms. The lowest BCUT2D eigenvalue weighted by Crippen LogP contribution is -2.48. The molecule has 0 saturated heterocycles. The van der Waals surface area contributed by atoms with E-state index < -0.39 is 5.54 Å².